The summed E-state index contributed by atoms with van der Waals surface area (Å²) in [6, 6.07) is 5.80. The lowest BCUT2D eigenvalue weighted by atomic mass is 10.0. The number of aliphatic hydroxyl groups excluding tert-OH is 1. The van der Waals surface area contributed by atoms with Crippen molar-refractivity contribution in [2.75, 3.05) is 6.54 Å². The quantitative estimate of drug-likeness (QED) is 0.853. The molecule has 5 nitrogen and oxygen atoms in total. The van der Waals surface area contributed by atoms with E-state index < -0.39 is 6.10 Å². The van der Waals surface area contributed by atoms with Crippen LogP contribution in [0.1, 0.15) is 31.4 Å². The number of rotatable bonds is 6. The van der Waals surface area contributed by atoms with Crippen molar-refractivity contribution in [1.82, 2.24) is 10.3 Å². The number of oxazole rings is 1. The first-order valence-corrected chi connectivity index (χ1v) is 8.27. The van der Waals surface area contributed by atoms with Gasteiger partial charge >= 0.3 is 0 Å². The molecular formula is C18H21FN2O3. The zero-order chi connectivity index (χ0) is 16.9. The van der Waals surface area contributed by atoms with Crippen LogP contribution in [0.5, 0.6) is 0 Å². The summed E-state index contributed by atoms with van der Waals surface area (Å²) in [6.07, 6.45) is 5.39. The van der Waals surface area contributed by atoms with Gasteiger partial charge in [-0.15, -0.1) is 0 Å². The average molecular weight is 332 g/mol. The lowest BCUT2D eigenvalue weighted by Gasteiger charge is -2.17. The van der Waals surface area contributed by atoms with Crippen LogP contribution in [0.3, 0.4) is 0 Å². The second-order valence-electron chi connectivity index (χ2n) is 6.24. The number of amides is 1. The van der Waals surface area contributed by atoms with E-state index in [4.69, 9.17) is 4.42 Å². The molecule has 24 heavy (non-hydrogen) atoms. The molecule has 1 amide bonds. The van der Waals surface area contributed by atoms with Gasteiger partial charge in [-0.25, -0.2) is 9.37 Å². The molecule has 6 heteroatoms. The zero-order valence-electron chi connectivity index (χ0n) is 13.4. The Morgan fingerprint density at radius 1 is 1.33 bits per heavy atom. The van der Waals surface area contributed by atoms with E-state index in [1.165, 1.54) is 18.4 Å². The molecule has 0 radical (unpaired) electrons. The Morgan fingerprint density at radius 3 is 2.75 bits per heavy atom. The normalized spacial score (nSPS) is 16.2. The SMILES string of the molecule is O=C(Cc1coc(-c2ccc(F)cc2)n1)NCC(O)C1CCCC1. The van der Waals surface area contributed by atoms with Crippen LogP contribution in [0.4, 0.5) is 4.39 Å². The fourth-order valence-electron chi connectivity index (χ4n) is 3.07. The number of halogens is 1. The molecule has 1 aliphatic carbocycles. The Kier molecular flexibility index (Phi) is 5.25. The fourth-order valence-corrected chi connectivity index (χ4v) is 3.07. The largest absolute Gasteiger partial charge is 0.444 e. The van der Waals surface area contributed by atoms with Crippen molar-refractivity contribution in [3.05, 3.63) is 42.0 Å². The van der Waals surface area contributed by atoms with Crippen molar-refractivity contribution >= 4 is 5.91 Å². The summed E-state index contributed by atoms with van der Waals surface area (Å²) in [5.74, 6) is 0.114. The molecule has 1 unspecified atom stereocenters. The predicted octanol–water partition coefficient (Wildman–Crippen LogP) is 2.69. The smallest absolute Gasteiger partial charge is 0.226 e. The fraction of sp³-hybridized carbons (Fsp3) is 0.444. The van der Waals surface area contributed by atoms with Crippen molar-refractivity contribution in [2.45, 2.75) is 38.2 Å². The van der Waals surface area contributed by atoms with E-state index in [1.54, 1.807) is 12.1 Å². The first-order chi connectivity index (χ1) is 11.6. The number of carbonyl (C=O) groups is 1. The van der Waals surface area contributed by atoms with Crippen LogP contribution in [0.15, 0.2) is 34.9 Å². The standard InChI is InChI=1S/C18H21FN2O3/c19-14-7-5-13(6-8-14)18-21-15(11-24-18)9-17(23)20-10-16(22)12-3-1-2-4-12/h5-8,11-12,16,22H,1-4,9-10H2,(H,20,23). The molecule has 1 aliphatic rings. The van der Waals surface area contributed by atoms with Crippen LogP contribution in [0, 0.1) is 11.7 Å². The molecule has 1 fully saturated rings. The summed E-state index contributed by atoms with van der Waals surface area (Å²) < 4.78 is 18.3. The van der Waals surface area contributed by atoms with Gasteiger partial charge in [-0.3, -0.25) is 4.79 Å². The summed E-state index contributed by atoms with van der Waals surface area (Å²) >= 11 is 0. The van der Waals surface area contributed by atoms with Crippen LogP contribution in [-0.4, -0.2) is 28.6 Å². The molecule has 0 aliphatic heterocycles. The van der Waals surface area contributed by atoms with Gasteiger partial charge < -0.3 is 14.8 Å². The molecule has 1 aromatic heterocycles. The molecule has 1 aromatic carbocycles. The van der Waals surface area contributed by atoms with Gasteiger partial charge in [0.15, 0.2) is 0 Å². The van der Waals surface area contributed by atoms with Gasteiger partial charge in [0.2, 0.25) is 11.8 Å². The van der Waals surface area contributed by atoms with Gasteiger partial charge in [-0.1, -0.05) is 12.8 Å². The highest BCUT2D eigenvalue weighted by molar-refractivity contribution is 5.78. The lowest BCUT2D eigenvalue weighted by molar-refractivity contribution is -0.121. The first kappa shape index (κ1) is 16.6. The molecule has 1 atom stereocenters. The third-order valence-corrected chi connectivity index (χ3v) is 4.44. The first-order valence-electron chi connectivity index (χ1n) is 8.27. The van der Waals surface area contributed by atoms with Crippen molar-refractivity contribution in [3.8, 4) is 11.5 Å². The van der Waals surface area contributed by atoms with E-state index >= 15 is 0 Å². The number of hydrogen-bond acceptors (Lipinski definition) is 4. The van der Waals surface area contributed by atoms with Gasteiger partial charge in [-0.05, 0) is 43.0 Å². The van der Waals surface area contributed by atoms with Gasteiger partial charge in [0.05, 0.1) is 18.2 Å². The number of nitrogens with zero attached hydrogens (tertiary/aromatic N) is 1. The lowest BCUT2D eigenvalue weighted by Crippen LogP contribution is -2.36. The topological polar surface area (TPSA) is 75.4 Å². The highest BCUT2D eigenvalue weighted by Gasteiger charge is 2.23. The summed E-state index contributed by atoms with van der Waals surface area (Å²) in [7, 11) is 0. The maximum Gasteiger partial charge on any atom is 0.226 e. The zero-order valence-corrected chi connectivity index (χ0v) is 13.4. The molecule has 128 valence electrons. The van der Waals surface area contributed by atoms with Gasteiger partial charge in [0.1, 0.15) is 12.1 Å². The Hall–Kier alpha value is -2.21. The number of hydrogen-bond donors (Lipinski definition) is 2. The summed E-state index contributed by atoms with van der Waals surface area (Å²) in [4.78, 5) is 16.2. The van der Waals surface area contributed by atoms with Crippen LogP contribution in [-0.2, 0) is 11.2 Å². The van der Waals surface area contributed by atoms with Gasteiger partial charge in [0, 0.05) is 12.1 Å². The molecule has 0 spiro atoms. The molecule has 2 aromatic rings. The third kappa shape index (κ3) is 4.20. The highest BCUT2D eigenvalue weighted by atomic mass is 19.1. The molecular weight excluding hydrogens is 311 g/mol. The van der Waals surface area contributed by atoms with E-state index in [0.717, 1.165) is 25.7 Å². The van der Waals surface area contributed by atoms with Crippen LogP contribution >= 0.6 is 0 Å². The molecule has 1 heterocycles. The summed E-state index contributed by atoms with van der Waals surface area (Å²) in [5.41, 5.74) is 1.15. The second kappa shape index (κ2) is 7.57. The minimum absolute atomic E-state index is 0.0854. The van der Waals surface area contributed by atoms with E-state index in [0.29, 0.717) is 23.1 Å². The Bertz CT molecular complexity index is 678. The minimum atomic E-state index is -0.483. The number of nitrogens with one attached hydrogen (secondary N) is 1. The number of benzene rings is 1. The van der Waals surface area contributed by atoms with Crippen LogP contribution < -0.4 is 5.32 Å². The van der Waals surface area contributed by atoms with Crippen molar-refractivity contribution in [3.63, 3.8) is 0 Å². The number of aliphatic hydroxyl groups is 1. The Labute approximate surface area is 139 Å². The maximum atomic E-state index is 12.9. The maximum absolute atomic E-state index is 12.9. The van der Waals surface area contributed by atoms with E-state index in [2.05, 4.69) is 10.3 Å². The summed E-state index contributed by atoms with van der Waals surface area (Å²) in [5, 5.41) is 12.8. The number of aromatic nitrogens is 1. The van der Waals surface area contributed by atoms with Crippen LogP contribution in [0.25, 0.3) is 11.5 Å². The minimum Gasteiger partial charge on any atom is -0.444 e. The van der Waals surface area contributed by atoms with E-state index in [-0.39, 0.29) is 24.7 Å². The average Bonchev–Trinajstić information content (AvgIpc) is 3.25. The molecule has 2 N–H and O–H groups in total. The summed E-state index contributed by atoms with van der Waals surface area (Å²) in [6.45, 7) is 0.270. The van der Waals surface area contributed by atoms with E-state index in [1.807, 2.05) is 0 Å². The molecule has 3 rings (SSSR count). The third-order valence-electron chi connectivity index (χ3n) is 4.44. The number of carbonyl (C=O) groups excluding carboxylic acids is 1. The van der Waals surface area contributed by atoms with Crippen LogP contribution in [0.2, 0.25) is 0 Å². The molecule has 0 bridgehead atoms. The molecule has 0 saturated heterocycles. The van der Waals surface area contributed by atoms with Crippen molar-refractivity contribution in [1.29, 1.82) is 0 Å². The van der Waals surface area contributed by atoms with Gasteiger partial charge in [-0.2, -0.15) is 0 Å². The van der Waals surface area contributed by atoms with E-state index in [9.17, 15) is 14.3 Å². The Balaban J connectivity index is 1.50. The second-order valence-corrected chi connectivity index (χ2v) is 6.24. The Morgan fingerprint density at radius 2 is 2.04 bits per heavy atom. The van der Waals surface area contributed by atoms with Crippen molar-refractivity contribution in [2.24, 2.45) is 5.92 Å². The monoisotopic (exact) mass is 332 g/mol. The molecule has 1 saturated carbocycles. The highest BCUT2D eigenvalue weighted by Crippen LogP contribution is 2.27. The van der Waals surface area contributed by atoms with Gasteiger partial charge in [0.25, 0.3) is 0 Å². The predicted molar refractivity (Wildman–Crippen MR) is 86.6 cm³/mol. The van der Waals surface area contributed by atoms with Crippen molar-refractivity contribution < 1.29 is 18.7 Å².